The summed E-state index contributed by atoms with van der Waals surface area (Å²) in [6.07, 6.45) is -2.03. The lowest BCUT2D eigenvalue weighted by Gasteiger charge is -2.28. The molecule has 2 aromatic carbocycles. The molecule has 1 aliphatic carbocycles. The van der Waals surface area contributed by atoms with E-state index >= 15 is 0 Å². The number of aromatic nitrogens is 4. The molecule has 3 N–H and O–H groups in total. The summed E-state index contributed by atoms with van der Waals surface area (Å²) in [6, 6.07) is 7.84. The Morgan fingerprint density at radius 3 is 2.39 bits per heavy atom. The second kappa shape index (κ2) is 13.0. The van der Waals surface area contributed by atoms with Gasteiger partial charge in [-0.15, -0.1) is 0 Å². The molecule has 44 heavy (non-hydrogen) atoms. The van der Waals surface area contributed by atoms with Gasteiger partial charge in [-0.2, -0.15) is 18.2 Å². The number of hydrogen-bond acceptors (Lipinski definition) is 12. The lowest BCUT2D eigenvalue weighted by atomic mass is 9.93. The normalized spacial score (nSPS) is 17.0. The van der Waals surface area contributed by atoms with Gasteiger partial charge >= 0.3 is 12.1 Å². The summed E-state index contributed by atoms with van der Waals surface area (Å²) in [5.74, 6) is -2.00. The number of carbonyl (C=O) groups excluding carboxylic acids is 1. The van der Waals surface area contributed by atoms with Gasteiger partial charge in [0, 0.05) is 24.0 Å². The van der Waals surface area contributed by atoms with Gasteiger partial charge in [-0.1, -0.05) is 12.8 Å². The minimum Gasteiger partial charge on any atom is -0.493 e. The predicted octanol–water partition coefficient (Wildman–Crippen LogP) is 4.38. The Labute approximate surface area is 249 Å². The van der Waals surface area contributed by atoms with Crippen molar-refractivity contribution >= 4 is 39.7 Å². The van der Waals surface area contributed by atoms with Crippen LogP contribution in [0.5, 0.6) is 23.1 Å². The van der Waals surface area contributed by atoms with Gasteiger partial charge in [-0.3, -0.25) is 5.32 Å². The Kier molecular flexibility index (Phi) is 9.15. The number of aliphatic hydroxyl groups is 1. The number of hydrogen-bond donors (Lipinski definition) is 3. The Morgan fingerprint density at radius 1 is 0.955 bits per heavy atom. The summed E-state index contributed by atoms with van der Waals surface area (Å²) in [5.41, 5.74) is 1.24. The number of halogens is 3. The summed E-state index contributed by atoms with van der Waals surface area (Å²) in [6.45, 7) is 2.41. The van der Waals surface area contributed by atoms with Gasteiger partial charge < -0.3 is 29.4 Å². The van der Waals surface area contributed by atoms with Gasteiger partial charge in [0.25, 0.3) is 0 Å². The fourth-order valence-corrected chi connectivity index (χ4v) is 4.98. The molecular formula is C29H31F3N6O6. The van der Waals surface area contributed by atoms with Crippen molar-refractivity contribution in [2.75, 3.05) is 32.7 Å². The van der Waals surface area contributed by atoms with E-state index in [-0.39, 0.29) is 35.4 Å². The highest BCUT2D eigenvalue weighted by Gasteiger charge is 2.42. The number of aliphatic hydroxyl groups excluding tert-OH is 1. The number of ether oxygens (including phenoxy) is 4. The van der Waals surface area contributed by atoms with Gasteiger partial charge in [0.15, 0.2) is 11.5 Å². The zero-order valence-electron chi connectivity index (χ0n) is 24.2. The molecule has 1 aliphatic rings. The van der Waals surface area contributed by atoms with Gasteiger partial charge in [0.2, 0.25) is 17.8 Å². The van der Waals surface area contributed by atoms with Crippen molar-refractivity contribution in [1.29, 1.82) is 0 Å². The zero-order valence-corrected chi connectivity index (χ0v) is 24.2. The maximum Gasteiger partial charge on any atom is 0.491 e. The molecule has 0 spiro atoms. The number of alkyl halides is 3. The third-order valence-electron chi connectivity index (χ3n) is 7.18. The van der Waals surface area contributed by atoms with Crippen molar-refractivity contribution in [2.24, 2.45) is 0 Å². The van der Waals surface area contributed by atoms with E-state index in [1.807, 2.05) is 0 Å². The molecule has 2 aromatic heterocycles. The third-order valence-corrected chi connectivity index (χ3v) is 7.18. The highest BCUT2D eigenvalue weighted by molar-refractivity contribution is 5.90. The average molecular weight is 617 g/mol. The molecule has 1 saturated carbocycles. The number of aryl methyl sites for hydroxylation is 1. The molecule has 0 radical (unpaired) electrons. The first-order chi connectivity index (χ1) is 21.0. The number of nitrogens with one attached hydrogen (secondary N) is 2. The number of methoxy groups -OCH3 is 2. The first kappa shape index (κ1) is 30.9. The fourth-order valence-electron chi connectivity index (χ4n) is 4.98. The van der Waals surface area contributed by atoms with Crippen molar-refractivity contribution in [1.82, 2.24) is 25.3 Å². The quantitative estimate of drug-likeness (QED) is 0.171. The largest absolute Gasteiger partial charge is 0.493 e. The van der Waals surface area contributed by atoms with E-state index in [0.717, 1.165) is 25.7 Å². The minimum absolute atomic E-state index is 0.0168. The summed E-state index contributed by atoms with van der Waals surface area (Å²) in [5, 5.41) is 16.9. The van der Waals surface area contributed by atoms with E-state index in [4.69, 9.17) is 14.2 Å². The molecule has 2 unspecified atom stereocenters. The highest BCUT2D eigenvalue weighted by atomic mass is 19.4. The topological polar surface area (TPSA) is 150 Å². The minimum atomic E-state index is -5.26. The summed E-state index contributed by atoms with van der Waals surface area (Å²) in [7, 11) is 2.99. The second-order valence-corrected chi connectivity index (χ2v) is 10.2. The van der Waals surface area contributed by atoms with Crippen LogP contribution in [0.2, 0.25) is 0 Å². The van der Waals surface area contributed by atoms with Gasteiger partial charge in [0.05, 0.1) is 42.4 Å². The number of anilines is 2. The highest BCUT2D eigenvalue weighted by Crippen LogP contribution is 2.34. The van der Waals surface area contributed by atoms with E-state index in [2.05, 4.69) is 35.3 Å². The van der Waals surface area contributed by atoms with Crippen LogP contribution in [0.25, 0.3) is 21.8 Å². The predicted molar refractivity (Wildman–Crippen MR) is 154 cm³/mol. The van der Waals surface area contributed by atoms with Crippen LogP contribution in [0.4, 0.5) is 25.1 Å². The van der Waals surface area contributed by atoms with Crippen LogP contribution < -0.4 is 29.6 Å². The molecule has 2 heterocycles. The number of esters is 1. The summed E-state index contributed by atoms with van der Waals surface area (Å²) >= 11 is 0. The van der Waals surface area contributed by atoms with Gasteiger partial charge in [0.1, 0.15) is 12.4 Å². The molecule has 2 atom stereocenters. The molecule has 234 valence electrons. The van der Waals surface area contributed by atoms with E-state index in [9.17, 15) is 23.1 Å². The summed E-state index contributed by atoms with van der Waals surface area (Å²) in [4.78, 5) is 29.1. The fraction of sp³-hybridized carbons (Fsp3) is 0.414. The third kappa shape index (κ3) is 7.00. The van der Waals surface area contributed by atoms with Crippen molar-refractivity contribution in [3.05, 3.63) is 36.0 Å². The molecule has 0 bridgehead atoms. The van der Waals surface area contributed by atoms with Gasteiger partial charge in [-0.05, 0) is 44.0 Å². The first-order valence-corrected chi connectivity index (χ1v) is 13.9. The van der Waals surface area contributed by atoms with Gasteiger partial charge in [-0.25, -0.2) is 19.7 Å². The number of fused-ring (bicyclic) bond motifs is 2. The first-order valence-electron chi connectivity index (χ1n) is 13.9. The zero-order chi connectivity index (χ0) is 31.4. The Balaban J connectivity index is 1.41. The molecule has 15 heteroatoms. The number of benzene rings is 2. The molecular weight excluding hydrogens is 585 g/mol. The Hall–Kier alpha value is -4.50. The second-order valence-electron chi connectivity index (χ2n) is 10.2. The number of rotatable bonds is 10. The van der Waals surface area contributed by atoms with Crippen molar-refractivity contribution in [3.63, 3.8) is 0 Å². The maximum absolute atomic E-state index is 13.1. The standard InChI is InChI=1S/C29H31F3N6O6/c1-15-17-13-23(41-2)24(42-3)14-21(17)36-27(34-15)38-28-35-19-9-8-16(43-11-10-33-20-6-4-5-7-22(20)39)12-18(19)25(37-28)44-26(40)29(30,31)32/h8-9,12-14,20,22,33,39H,4-7,10-11H2,1-3H3,(H,34,35,36,37,38). The Morgan fingerprint density at radius 2 is 1.66 bits per heavy atom. The van der Waals surface area contributed by atoms with Crippen molar-refractivity contribution in [2.45, 2.75) is 50.9 Å². The lowest BCUT2D eigenvalue weighted by Crippen LogP contribution is -2.43. The van der Waals surface area contributed by atoms with Crippen LogP contribution in [-0.4, -0.2) is 76.7 Å². The Bertz CT molecular complexity index is 1670. The SMILES string of the molecule is COc1cc2nc(Nc3nc(OC(=O)C(F)(F)F)c4cc(OCCNC5CCCCC5O)ccc4n3)nc(C)c2cc1OC. The van der Waals surface area contributed by atoms with Crippen molar-refractivity contribution < 1.29 is 42.0 Å². The van der Waals surface area contributed by atoms with Crippen LogP contribution in [0, 0.1) is 6.92 Å². The van der Waals surface area contributed by atoms with E-state index in [1.165, 1.54) is 26.4 Å². The molecule has 5 rings (SSSR count). The summed E-state index contributed by atoms with van der Waals surface area (Å²) < 4.78 is 60.5. The molecule has 0 aliphatic heterocycles. The van der Waals surface area contributed by atoms with E-state index in [0.29, 0.717) is 40.4 Å². The van der Waals surface area contributed by atoms with Crippen LogP contribution >= 0.6 is 0 Å². The van der Waals surface area contributed by atoms with Crippen LogP contribution in [-0.2, 0) is 4.79 Å². The van der Waals surface area contributed by atoms with Crippen LogP contribution in [0.1, 0.15) is 31.4 Å². The molecule has 0 saturated heterocycles. The lowest BCUT2D eigenvalue weighted by molar-refractivity contribution is -0.189. The van der Waals surface area contributed by atoms with Crippen molar-refractivity contribution in [3.8, 4) is 23.1 Å². The maximum atomic E-state index is 13.1. The number of nitrogens with zero attached hydrogens (tertiary/aromatic N) is 4. The van der Waals surface area contributed by atoms with E-state index < -0.39 is 24.1 Å². The van der Waals surface area contributed by atoms with Crippen LogP contribution in [0.15, 0.2) is 30.3 Å². The molecule has 12 nitrogen and oxygen atoms in total. The van der Waals surface area contributed by atoms with Crippen LogP contribution in [0.3, 0.4) is 0 Å². The molecule has 4 aromatic rings. The van der Waals surface area contributed by atoms with E-state index in [1.54, 1.807) is 25.1 Å². The molecule has 0 amide bonds. The smallest absolute Gasteiger partial charge is 0.491 e. The monoisotopic (exact) mass is 616 g/mol. The average Bonchev–Trinajstić information content (AvgIpc) is 2.99. The molecule has 1 fully saturated rings. The number of carbonyl (C=O) groups is 1.